The van der Waals surface area contributed by atoms with Gasteiger partial charge in [-0.05, 0) is 32.7 Å². The summed E-state index contributed by atoms with van der Waals surface area (Å²) in [5.41, 5.74) is 2.02. The predicted molar refractivity (Wildman–Crippen MR) is 85.8 cm³/mol. The second-order valence-electron chi connectivity index (χ2n) is 5.97. The fourth-order valence-electron chi connectivity index (χ4n) is 2.78. The first-order valence-electron chi connectivity index (χ1n) is 8.13. The number of nitrogens with zero attached hydrogens (tertiary/aromatic N) is 1. The Morgan fingerprint density at radius 2 is 2.10 bits per heavy atom. The molecule has 116 valence electrons. The van der Waals surface area contributed by atoms with Gasteiger partial charge in [-0.15, -0.1) is 0 Å². The van der Waals surface area contributed by atoms with Crippen LogP contribution in [-0.4, -0.2) is 43.0 Å². The predicted octanol–water partition coefficient (Wildman–Crippen LogP) is 3.46. The van der Waals surface area contributed by atoms with Crippen LogP contribution in [0.25, 0.3) is 0 Å². The van der Waals surface area contributed by atoms with Crippen molar-refractivity contribution in [2.75, 3.05) is 26.2 Å². The zero-order chi connectivity index (χ0) is 15.1. The lowest BCUT2D eigenvalue weighted by Crippen LogP contribution is -2.40. The molecule has 1 saturated heterocycles. The molecule has 21 heavy (non-hydrogen) atoms. The standard InChI is InChI=1S/C18H27NO2/c1-3-13-21-17-5-4-11-19(14-17)12-10-18(20)16-8-6-15(2)7-9-16/h6-9,17H,3-5,10-14H2,1-2H3. The molecule has 1 aromatic rings. The van der Waals surface area contributed by atoms with Gasteiger partial charge in [0.1, 0.15) is 0 Å². The largest absolute Gasteiger partial charge is 0.377 e. The Balaban J connectivity index is 1.76. The van der Waals surface area contributed by atoms with Crippen molar-refractivity contribution in [3.63, 3.8) is 0 Å². The molecule has 3 nitrogen and oxygen atoms in total. The quantitative estimate of drug-likeness (QED) is 0.720. The number of carbonyl (C=O) groups is 1. The van der Waals surface area contributed by atoms with E-state index in [1.165, 1.54) is 12.0 Å². The van der Waals surface area contributed by atoms with Crippen LogP contribution in [0.2, 0.25) is 0 Å². The van der Waals surface area contributed by atoms with Gasteiger partial charge in [-0.25, -0.2) is 0 Å². The molecule has 0 saturated carbocycles. The van der Waals surface area contributed by atoms with E-state index < -0.39 is 0 Å². The number of ether oxygens (including phenoxy) is 1. The first kappa shape index (κ1) is 16.2. The maximum absolute atomic E-state index is 12.2. The summed E-state index contributed by atoms with van der Waals surface area (Å²) in [6, 6.07) is 7.87. The molecule has 1 fully saturated rings. The average molecular weight is 289 g/mol. The van der Waals surface area contributed by atoms with Crippen LogP contribution in [0.15, 0.2) is 24.3 Å². The SMILES string of the molecule is CCCOC1CCCN(CCC(=O)c2ccc(C)cc2)C1. The molecule has 0 amide bonds. The summed E-state index contributed by atoms with van der Waals surface area (Å²) in [6.45, 7) is 7.94. The third kappa shape index (κ3) is 5.25. The van der Waals surface area contributed by atoms with Crippen molar-refractivity contribution in [1.29, 1.82) is 0 Å². The maximum Gasteiger partial charge on any atom is 0.164 e. The Labute approximate surface area is 128 Å². The van der Waals surface area contributed by atoms with Crippen molar-refractivity contribution in [3.05, 3.63) is 35.4 Å². The third-order valence-corrected chi connectivity index (χ3v) is 4.05. The molecule has 0 bridgehead atoms. The normalized spacial score (nSPS) is 19.6. The lowest BCUT2D eigenvalue weighted by atomic mass is 10.0. The van der Waals surface area contributed by atoms with Crippen LogP contribution in [0.3, 0.4) is 0 Å². The molecule has 0 N–H and O–H groups in total. The molecule has 1 unspecified atom stereocenters. The molecule has 0 spiro atoms. The Kier molecular flexibility index (Phi) is 6.40. The summed E-state index contributed by atoms with van der Waals surface area (Å²) in [5.74, 6) is 0.242. The Bertz CT molecular complexity index is 441. The highest BCUT2D eigenvalue weighted by atomic mass is 16.5. The van der Waals surface area contributed by atoms with Crippen LogP contribution >= 0.6 is 0 Å². The number of hydrogen-bond donors (Lipinski definition) is 0. The van der Waals surface area contributed by atoms with Gasteiger partial charge >= 0.3 is 0 Å². The van der Waals surface area contributed by atoms with Gasteiger partial charge in [-0.3, -0.25) is 4.79 Å². The van der Waals surface area contributed by atoms with Gasteiger partial charge in [0, 0.05) is 31.7 Å². The average Bonchev–Trinajstić information content (AvgIpc) is 2.52. The fraction of sp³-hybridized carbons (Fsp3) is 0.611. The Hall–Kier alpha value is -1.19. The van der Waals surface area contributed by atoms with Gasteiger partial charge in [0.25, 0.3) is 0 Å². The monoisotopic (exact) mass is 289 g/mol. The summed E-state index contributed by atoms with van der Waals surface area (Å²) in [6.07, 6.45) is 4.36. The number of ketones is 1. The van der Waals surface area contributed by atoms with E-state index in [0.29, 0.717) is 12.5 Å². The van der Waals surface area contributed by atoms with Crippen LogP contribution in [0, 0.1) is 6.92 Å². The highest BCUT2D eigenvalue weighted by Gasteiger charge is 2.20. The van der Waals surface area contributed by atoms with Crippen LogP contribution in [0.1, 0.15) is 48.5 Å². The van der Waals surface area contributed by atoms with Gasteiger partial charge in [0.05, 0.1) is 6.10 Å². The minimum Gasteiger partial charge on any atom is -0.377 e. The number of likely N-dealkylation sites (tertiary alicyclic amines) is 1. The van der Waals surface area contributed by atoms with E-state index in [-0.39, 0.29) is 5.78 Å². The molecular formula is C18H27NO2. The molecule has 1 aliphatic rings. The minimum absolute atomic E-state index is 0.242. The van der Waals surface area contributed by atoms with Crippen molar-refractivity contribution >= 4 is 5.78 Å². The summed E-state index contributed by atoms with van der Waals surface area (Å²) in [5, 5.41) is 0. The molecule has 0 aliphatic carbocycles. The van der Waals surface area contributed by atoms with E-state index in [2.05, 4.69) is 11.8 Å². The molecule has 1 atom stereocenters. The van der Waals surface area contributed by atoms with Crippen LogP contribution in [0.4, 0.5) is 0 Å². The van der Waals surface area contributed by atoms with E-state index in [0.717, 1.165) is 44.6 Å². The second-order valence-corrected chi connectivity index (χ2v) is 5.97. The maximum atomic E-state index is 12.2. The minimum atomic E-state index is 0.242. The van der Waals surface area contributed by atoms with E-state index in [1.807, 2.05) is 31.2 Å². The number of Topliss-reactive ketones (excluding diaryl/α,β-unsaturated/α-hetero) is 1. The topological polar surface area (TPSA) is 29.5 Å². The van der Waals surface area contributed by atoms with Crippen molar-refractivity contribution in [3.8, 4) is 0 Å². The molecule has 1 heterocycles. The highest BCUT2D eigenvalue weighted by Crippen LogP contribution is 2.14. The summed E-state index contributed by atoms with van der Waals surface area (Å²) < 4.78 is 5.84. The van der Waals surface area contributed by atoms with Crippen molar-refractivity contribution in [2.45, 2.75) is 45.6 Å². The third-order valence-electron chi connectivity index (χ3n) is 4.05. The second kappa shape index (κ2) is 8.30. The molecule has 1 aromatic carbocycles. The molecule has 3 heteroatoms. The van der Waals surface area contributed by atoms with E-state index in [1.54, 1.807) is 0 Å². The molecule has 2 rings (SSSR count). The van der Waals surface area contributed by atoms with Gasteiger partial charge in [-0.2, -0.15) is 0 Å². The van der Waals surface area contributed by atoms with E-state index in [9.17, 15) is 4.79 Å². The number of hydrogen-bond acceptors (Lipinski definition) is 3. The van der Waals surface area contributed by atoms with Gasteiger partial charge in [0.2, 0.25) is 0 Å². The molecule has 0 aromatic heterocycles. The van der Waals surface area contributed by atoms with Crippen LogP contribution in [-0.2, 0) is 4.74 Å². The summed E-state index contributed by atoms with van der Waals surface area (Å²) in [4.78, 5) is 14.6. The van der Waals surface area contributed by atoms with Crippen molar-refractivity contribution < 1.29 is 9.53 Å². The number of carbonyl (C=O) groups excluding carboxylic acids is 1. The van der Waals surface area contributed by atoms with Crippen LogP contribution in [0.5, 0.6) is 0 Å². The van der Waals surface area contributed by atoms with Crippen molar-refractivity contribution in [2.24, 2.45) is 0 Å². The number of benzene rings is 1. The van der Waals surface area contributed by atoms with E-state index in [4.69, 9.17) is 4.74 Å². The summed E-state index contributed by atoms with van der Waals surface area (Å²) >= 11 is 0. The molecule has 1 aliphatic heterocycles. The lowest BCUT2D eigenvalue weighted by Gasteiger charge is -2.32. The van der Waals surface area contributed by atoms with Gasteiger partial charge in [-0.1, -0.05) is 36.8 Å². The molecular weight excluding hydrogens is 262 g/mol. The lowest BCUT2D eigenvalue weighted by molar-refractivity contribution is -0.0000195. The number of rotatable bonds is 7. The zero-order valence-electron chi connectivity index (χ0n) is 13.3. The van der Waals surface area contributed by atoms with Gasteiger partial charge in [0.15, 0.2) is 5.78 Å². The fourth-order valence-corrected chi connectivity index (χ4v) is 2.78. The van der Waals surface area contributed by atoms with E-state index >= 15 is 0 Å². The number of aryl methyl sites for hydroxylation is 1. The zero-order valence-corrected chi connectivity index (χ0v) is 13.3. The number of piperidine rings is 1. The van der Waals surface area contributed by atoms with Crippen LogP contribution < -0.4 is 0 Å². The first-order chi connectivity index (χ1) is 10.2. The van der Waals surface area contributed by atoms with Crippen molar-refractivity contribution in [1.82, 2.24) is 4.90 Å². The highest BCUT2D eigenvalue weighted by molar-refractivity contribution is 5.96. The van der Waals surface area contributed by atoms with Gasteiger partial charge < -0.3 is 9.64 Å². The summed E-state index contributed by atoms with van der Waals surface area (Å²) in [7, 11) is 0. The molecule has 0 radical (unpaired) electrons. The smallest absolute Gasteiger partial charge is 0.164 e. The first-order valence-corrected chi connectivity index (χ1v) is 8.13. The Morgan fingerprint density at radius 1 is 1.33 bits per heavy atom. The Morgan fingerprint density at radius 3 is 2.81 bits per heavy atom.